The molecule has 0 aromatic carbocycles. The molecular weight excluding hydrogens is 278 g/mol. The zero-order valence-corrected chi connectivity index (χ0v) is 12.9. The SMILES string of the molecule is O=C(c1cc(C(=O)N2CC[C@@H]3CCC[C@@H]32)c[nH]1)N1CCCC1. The van der Waals surface area contributed by atoms with Crippen LogP contribution in [-0.4, -0.2) is 52.3 Å². The number of H-pyrrole nitrogens is 1. The molecule has 4 rings (SSSR count). The highest BCUT2D eigenvalue weighted by molar-refractivity contribution is 5.99. The van der Waals surface area contributed by atoms with Crippen LogP contribution in [0.25, 0.3) is 0 Å². The van der Waals surface area contributed by atoms with Crippen LogP contribution in [0.4, 0.5) is 0 Å². The van der Waals surface area contributed by atoms with Crippen molar-refractivity contribution in [1.29, 1.82) is 0 Å². The minimum absolute atomic E-state index is 0.0247. The van der Waals surface area contributed by atoms with Gasteiger partial charge in [-0.2, -0.15) is 0 Å². The van der Waals surface area contributed by atoms with Gasteiger partial charge in [-0.15, -0.1) is 0 Å². The van der Waals surface area contributed by atoms with Gasteiger partial charge in [-0.3, -0.25) is 9.59 Å². The third kappa shape index (κ3) is 2.23. The summed E-state index contributed by atoms with van der Waals surface area (Å²) in [4.78, 5) is 32.0. The maximum atomic E-state index is 12.7. The predicted molar refractivity (Wildman–Crippen MR) is 82.7 cm³/mol. The summed E-state index contributed by atoms with van der Waals surface area (Å²) >= 11 is 0. The molecule has 2 saturated heterocycles. The highest BCUT2D eigenvalue weighted by Crippen LogP contribution is 2.38. The molecule has 0 unspecified atom stereocenters. The number of rotatable bonds is 2. The standard InChI is InChI=1S/C17H23N3O2/c21-16(20-9-6-12-4-3-5-15(12)20)13-10-14(18-11-13)17(22)19-7-1-2-8-19/h10-12,15,18H,1-9H2/t12-,15-/m0/s1. The monoisotopic (exact) mass is 301 g/mol. The lowest BCUT2D eigenvalue weighted by Crippen LogP contribution is -2.35. The van der Waals surface area contributed by atoms with Crippen molar-refractivity contribution in [1.82, 2.24) is 14.8 Å². The molecule has 3 aliphatic rings. The summed E-state index contributed by atoms with van der Waals surface area (Å²) in [6.45, 7) is 2.53. The third-order valence-electron chi connectivity index (χ3n) is 5.57. The number of aromatic amines is 1. The van der Waals surface area contributed by atoms with Gasteiger partial charge < -0.3 is 14.8 Å². The van der Waals surface area contributed by atoms with Crippen LogP contribution in [0.1, 0.15) is 59.4 Å². The van der Waals surface area contributed by atoms with Crippen LogP contribution in [0.2, 0.25) is 0 Å². The minimum Gasteiger partial charge on any atom is -0.356 e. The number of hydrogen-bond acceptors (Lipinski definition) is 2. The smallest absolute Gasteiger partial charge is 0.270 e. The van der Waals surface area contributed by atoms with Crippen LogP contribution in [0, 0.1) is 5.92 Å². The summed E-state index contributed by atoms with van der Waals surface area (Å²) in [7, 11) is 0. The Morgan fingerprint density at radius 1 is 1.00 bits per heavy atom. The minimum atomic E-state index is 0.0247. The van der Waals surface area contributed by atoms with Crippen molar-refractivity contribution in [2.24, 2.45) is 5.92 Å². The van der Waals surface area contributed by atoms with E-state index < -0.39 is 0 Å². The molecule has 5 heteroatoms. The van der Waals surface area contributed by atoms with Gasteiger partial charge in [0, 0.05) is 31.9 Å². The van der Waals surface area contributed by atoms with Gasteiger partial charge in [0.1, 0.15) is 5.69 Å². The first-order valence-corrected chi connectivity index (χ1v) is 8.53. The fraction of sp³-hybridized carbons (Fsp3) is 0.647. The summed E-state index contributed by atoms with van der Waals surface area (Å²) in [5, 5.41) is 0. The molecule has 3 fully saturated rings. The molecule has 1 saturated carbocycles. The zero-order valence-electron chi connectivity index (χ0n) is 12.9. The second-order valence-corrected chi connectivity index (χ2v) is 6.85. The maximum Gasteiger partial charge on any atom is 0.270 e. The summed E-state index contributed by atoms with van der Waals surface area (Å²) in [6, 6.07) is 2.17. The van der Waals surface area contributed by atoms with Gasteiger partial charge >= 0.3 is 0 Å². The van der Waals surface area contributed by atoms with Gasteiger partial charge in [-0.05, 0) is 44.1 Å². The van der Waals surface area contributed by atoms with Crippen molar-refractivity contribution < 1.29 is 9.59 Å². The average molecular weight is 301 g/mol. The first kappa shape index (κ1) is 13.9. The zero-order chi connectivity index (χ0) is 15.1. The quantitative estimate of drug-likeness (QED) is 0.911. The number of fused-ring (bicyclic) bond motifs is 1. The molecule has 2 aliphatic heterocycles. The van der Waals surface area contributed by atoms with Gasteiger partial charge in [-0.25, -0.2) is 0 Å². The molecular formula is C17H23N3O2. The van der Waals surface area contributed by atoms with E-state index in [1.807, 2.05) is 9.80 Å². The molecule has 1 N–H and O–H groups in total. The summed E-state index contributed by atoms with van der Waals surface area (Å²) in [6.07, 6.45) is 8.64. The van der Waals surface area contributed by atoms with E-state index in [4.69, 9.17) is 0 Å². The molecule has 118 valence electrons. The fourth-order valence-electron chi connectivity index (χ4n) is 4.38. The lowest BCUT2D eigenvalue weighted by atomic mass is 10.0. The van der Waals surface area contributed by atoms with Gasteiger partial charge in [0.05, 0.1) is 5.56 Å². The van der Waals surface area contributed by atoms with E-state index in [1.54, 1.807) is 12.3 Å². The summed E-state index contributed by atoms with van der Waals surface area (Å²) in [5.41, 5.74) is 1.18. The Bertz CT molecular complexity index is 588. The number of hydrogen-bond donors (Lipinski definition) is 1. The van der Waals surface area contributed by atoms with E-state index in [1.165, 1.54) is 12.8 Å². The lowest BCUT2D eigenvalue weighted by Gasteiger charge is -2.23. The molecule has 22 heavy (non-hydrogen) atoms. The number of carbonyl (C=O) groups excluding carboxylic acids is 2. The lowest BCUT2D eigenvalue weighted by molar-refractivity contribution is 0.0729. The Labute approximate surface area is 130 Å². The normalized spacial score (nSPS) is 27.5. The second kappa shape index (κ2) is 5.45. The van der Waals surface area contributed by atoms with Crippen LogP contribution in [0.15, 0.2) is 12.3 Å². The van der Waals surface area contributed by atoms with Gasteiger partial charge in [0.25, 0.3) is 11.8 Å². The Morgan fingerprint density at radius 2 is 1.82 bits per heavy atom. The molecule has 3 heterocycles. The van der Waals surface area contributed by atoms with Crippen molar-refractivity contribution in [3.63, 3.8) is 0 Å². The Balaban J connectivity index is 1.49. The van der Waals surface area contributed by atoms with E-state index in [0.717, 1.165) is 45.3 Å². The van der Waals surface area contributed by atoms with Crippen molar-refractivity contribution in [3.8, 4) is 0 Å². The van der Waals surface area contributed by atoms with E-state index in [-0.39, 0.29) is 11.8 Å². The molecule has 2 atom stereocenters. The summed E-state index contributed by atoms with van der Waals surface area (Å²) < 4.78 is 0. The Kier molecular flexibility index (Phi) is 3.43. The molecule has 0 bridgehead atoms. The molecule has 0 spiro atoms. The van der Waals surface area contributed by atoms with Crippen molar-refractivity contribution >= 4 is 11.8 Å². The van der Waals surface area contributed by atoms with Crippen LogP contribution in [-0.2, 0) is 0 Å². The maximum absolute atomic E-state index is 12.7. The van der Waals surface area contributed by atoms with Gasteiger partial charge in [0.15, 0.2) is 0 Å². The number of aromatic nitrogens is 1. The van der Waals surface area contributed by atoms with Crippen molar-refractivity contribution in [2.75, 3.05) is 19.6 Å². The van der Waals surface area contributed by atoms with Crippen molar-refractivity contribution in [3.05, 3.63) is 23.5 Å². The average Bonchev–Trinajstić information content (AvgIpc) is 3.29. The van der Waals surface area contributed by atoms with Gasteiger partial charge in [-0.1, -0.05) is 6.42 Å². The summed E-state index contributed by atoms with van der Waals surface area (Å²) in [5.74, 6) is 0.816. The number of carbonyl (C=O) groups is 2. The van der Waals surface area contributed by atoms with Crippen LogP contribution in [0.3, 0.4) is 0 Å². The van der Waals surface area contributed by atoms with E-state index >= 15 is 0 Å². The Hall–Kier alpha value is -1.78. The topological polar surface area (TPSA) is 56.4 Å². The highest BCUT2D eigenvalue weighted by atomic mass is 16.2. The molecule has 5 nitrogen and oxygen atoms in total. The molecule has 1 aromatic heterocycles. The Morgan fingerprint density at radius 3 is 2.64 bits per heavy atom. The number of likely N-dealkylation sites (tertiary alicyclic amines) is 2. The molecule has 1 aromatic rings. The second-order valence-electron chi connectivity index (χ2n) is 6.85. The number of amides is 2. The predicted octanol–water partition coefficient (Wildman–Crippen LogP) is 2.27. The van der Waals surface area contributed by atoms with E-state index in [0.29, 0.717) is 23.2 Å². The number of nitrogens with zero attached hydrogens (tertiary/aromatic N) is 2. The molecule has 0 radical (unpaired) electrons. The van der Waals surface area contributed by atoms with Crippen LogP contribution >= 0.6 is 0 Å². The van der Waals surface area contributed by atoms with Crippen molar-refractivity contribution in [2.45, 2.75) is 44.6 Å². The van der Waals surface area contributed by atoms with Crippen LogP contribution < -0.4 is 0 Å². The third-order valence-corrected chi connectivity index (χ3v) is 5.57. The largest absolute Gasteiger partial charge is 0.356 e. The molecule has 1 aliphatic carbocycles. The van der Waals surface area contributed by atoms with E-state index in [2.05, 4.69) is 4.98 Å². The van der Waals surface area contributed by atoms with E-state index in [9.17, 15) is 9.59 Å². The van der Waals surface area contributed by atoms with Crippen LogP contribution in [0.5, 0.6) is 0 Å². The first-order chi connectivity index (χ1) is 10.7. The number of nitrogens with one attached hydrogen (secondary N) is 1. The highest BCUT2D eigenvalue weighted by Gasteiger charge is 2.40. The fourth-order valence-corrected chi connectivity index (χ4v) is 4.38. The van der Waals surface area contributed by atoms with Gasteiger partial charge in [0.2, 0.25) is 0 Å². The first-order valence-electron chi connectivity index (χ1n) is 8.53. The molecule has 2 amide bonds.